The number of benzene rings is 2. The number of rotatable bonds is 2. The number of hydrogen-bond donors (Lipinski definition) is 0. The Morgan fingerprint density at radius 3 is 2.55 bits per heavy atom. The highest BCUT2D eigenvalue weighted by Crippen LogP contribution is 2.28. The molecular weight excluding hydrogens is 248 g/mol. The molecule has 0 amide bonds. The van der Waals surface area contributed by atoms with E-state index in [2.05, 4.69) is 22.0 Å². The summed E-state index contributed by atoms with van der Waals surface area (Å²) >= 11 is 0. The summed E-state index contributed by atoms with van der Waals surface area (Å²) in [5.74, 6) is 0.694. The second kappa shape index (κ2) is 4.67. The van der Waals surface area contributed by atoms with Crippen molar-refractivity contribution in [3.05, 3.63) is 48.5 Å². The Morgan fingerprint density at radius 1 is 0.950 bits per heavy atom. The Balaban J connectivity index is 1.76. The third-order valence-electron chi connectivity index (χ3n) is 3.86. The summed E-state index contributed by atoms with van der Waals surface area (Å²) < 4.78 is 5.84. The highest BCUT2D eigenvalue weighted by atomic mass is 16.3. The molecular formula is C17H16N2O. The SMILES string of the molecule is c1ccc(-c2nc3cc(N4CCCC4)ccc3o2)cc1. The van der Waals surface area contributed by atoms with Crippen molar-refractivity contribution in [2.45, 2.75) is 12.8 Å². The first-order valence-electron chi connectivity index (χ1n) is 7.11. The smallest absolute Gasteiger partial charge is 0.227 e. The summed E-state index contributed by atoms with van der Waals surface area (Å²) in [4.78, 5) is 7.03. The van der Waals surface area contributed by atoms with Crippen LogP contribution in [-0.4, -0.2) is 18.1 Å². The maximum absolute atomic E-state index is 5.84. The van der Waals surface area contributed by atoms with Crippen molar-refractivity contribution in [2.75, 3.05) is 18.0 Å². The van der Waals surface area contributed by atoms with Crippen molar-refractivity contribution in [1.29, 1.82) is 0 Å². The van der Waals surface area contributed by atoms with Crippen LogP contribution in [0.25, 0.3) is 22.6 Å². The van der Waals surface area contributed by atoms with Crippen LogP contribution in [0, 0.1) is 0 Å². The minimum Gasteiger partial charge on any atom is -0.436 e. The zero-order chi connectivity index (χ0) is 13.4. The van der Waals surface area contributed by atoms with E-state index in [0.29, 0.717) is 5.89 Å². The first-order chi connectivity index (χ1) is 9.90. The summed E-state index contributed by atoms with van der Waals surface area (Å²) in [6.45, 7) is 2.30. The van der Waals surface area contributed by atoms with Crippen molar-refractivity contribution >= 4 is 16.8 Å². The first kappa shape index (κ1) is 11.5. The molecule has 0 radical (unpaired) electrons. The van der Waals surface area contributed by atoms with E-state index >= 15 is 0 Å². The molecule has 0 bridgehead atoms. The molecule has 3 nitrogen and oxygen atoms in total. The van der Waals surface area contributed by atoms with Crippen molar-refractivity contribution in [3.63, 3.8) is 0 Å². The number of anilines is 1. The van der Waals surface area contributed by atoms with Crippen LogP contribution >= 0.6 is 0 Å². The number of fused-ring (bicyclic) bond motifs is 1. The quantitative estimate of drug-likeness (QED) is 0.698. The Bertz CT molecular complexity index is 727. The Hall–Kier alpha value is -2.29. The van der Waals surface area contributed by atoms with Crippen LogP contribution in [0.4, 0.5) is 5.69 Å². The molecule has 2 heterocycles. The normalized spacial score (nSPS) is 15.1. The van der Waals surface area contributed by atoms with E-state index in [1.165, 1.54) is 18.5 Å². The number of oxazole rings is 1. The van der Waals surface area contributed by atoms with Crippen molar-refractivity contribution in [2.24, 2.45) is 0 Å². The van der Waals surface area contributed by atoms with Gasteiger partial charge in [0.25, 0.3) is 0 Å². The lowest BCUT2D eigenvalue weighted by Crippen LogP contribution is -2.17. The van der Waals surface area contributed by atoms with E-state index in [-0.39, 0.29) is 0 Å². The van der Waals surface area contributed by atoms with Gasteiger partial charge in [0.15, 0.2) is 5.58 Å². The van der Waals surface area contributed by atoms with Crippen LogP contribution in [0.15, 0.2) is 52.9 Å². The molecule has 1 aliphatic rings. The Kier molecular flexibility index (Phi) is 2.69. The van der Waals surface area contributed by atoms with Crippen LogP contribution in [-0.2, 0) is 0 Å². The topological polar surface area (TPSA) is 29.3 Å². The Labute approximate surface area is 117 Å². The first-order valence-corrected chi connectivity index (χ1v) is 7.11. The van der Waals surface area contributed by atoms with Crippen LogP contribution in [0.1, 0.15) is 12.8 Å². The second-order valence-corrected chi connectivity index (χ2v) is 5.23. The molecule has 2 aromatic carbocycles. The minimum absolute atomic E-state index is 0.694. The van der Waals surface area contributed by atoms with Gasteiger partial charge < -0.3 is 9.32 Å². The summed E-state index contributed by atoms with van der Waals surface area (Å²) in [5, 5.41) is 0. The molecule has 4 rings (SSSR count). The molecule has 0 saturated carbocycles. The summed E-state index contributed by atoms with van der Waals surface area (Å²) in [6.07, 6.45) is 2.57. The monoisotopic (exact) mass is 264 g/mol. The largest absolute Gasteiger partial charge is 0.436 e. The molecule has 0 spiro atoms. The highest BCUT2D eigenvalue weighted by molar-refractivity contribution is 5.80. The van der Waals surface area contributed by atoms with Gasteiger partial charge in [-0.05, 0) is 43.2 Å². The molecule has 100 valence electrons. The van der Waals surface area contributed by atoms with Crippen molar-refractivity contribution in [1.82, 2.24) is 4.98 Å². The van der Waals surface area contributed by atoms with Gasteiger partial charge in [-0.3, -0.25) is 0 Å². The average Bonchev–Trinajstić information content (AvgIpc) is 3.16. The standard InChI is InChI=1S/C17H16N2O/c1-2-6-13(7-3-1)17-18-15-12-14(8-9-16(15)20-17)19-10-4-5-11-19/h1-3,6-9,12H,4-5,10-11H2. The van der Waals surface area contributed by atoms with E-state index < -0.39 is 0 Å². The molecule has 20 heavy (non-hydrogen) atoms. The molecule has 0 unspecified atom stereocenters. The third-order valence-corrected chi connectivity index (χ3v) is 3.86. The van der Waals surface area contributed by atoms with Gasteiger partial charge in [0, 0.05) is 24.3 Å². The molecule has 0 atom stereocenters. The predicted molar refractivity (Wildman–Crippen MR) is 80.9 cm³/mol. The van der Waals surface area contributed by atoms with E-state index in [0.717, 1.165) is 29.8 Å². The van der Waals surface area contributed by atoms with Gasteiger partial charge in [0.05, 0.1) is 0 Å². The fourth-order valence-corrected chi connectivity index (χ4v) is 2.79. The summed E-state index contributed by atoms with van der Waals surface area (Å²) in [7, 11) is 0. The zero-order valence-electron chi connectivity index (χ0n) is 11.2. The zero-order valence-corrected chi connectivity index (χ0v) is 11.2. The minimum atomic E-state index is 0.694. The molecule has 0 N–H and O–H groups in total. The fraction of sp³-hybridized carbons (Fsp3) is 0.235. The highest BCUT2D eigenvalue weighted by Gasteiger charge is 2.14. The molecule has 1 aromatic heterocycles. The lowest BCUT2D eigenvalue weighted by atomic mass is 10.2. The molecule has 3 aromatic rings. The average molecular weight is 264 g/mol. The van der Waals surface area contributed by atoms with E-state index in [9.17, 15) is 0 Å². The summed E-state index contributed by atoms with van der Waals surface area (Å²) in [6, 6.07) is 16.3. The predicted octanol–water partition coefficient (Wildman–Crippen LogP) is 4.10. The van der Waals surface area contributed by atoms with Crippen LogP contribution < -0.4 is 4.90 Å². The molecule has 1 aliphatic heterocycles. The molecule has 3 heteroatoms. The maximum atomic E-state index is 5.84. The third kappa shape index (κ3) is 1.95. The van der Waals surface area contributed by atoms with Crippen LogP contribution in [0.3, 0.4) is 0 Å². The van der Waals surface area contributed by atoms with Crippen LogP contribution in [0.2, 0.25) is 0 Å². The van der Waals surface area contributed by atoms with Gasteiger partial charge in [-0.1, -0.05) is 18.2 Å². The van der Waals surface area contributed by atoms with E-state index in [1.54, 1.807) is 0 Å². The fourth-order valence-electron chi connectivity index (χ4n) is 2.79. The second-order valence-electron chi connectivity index (χ2n) is 5.23. The number of hydrogen-bond acceptors (Lipinski definition) is 3. The van der Waals surface area contributed by atoms with Gasteiger partial charge in [-0.25, -0.2) is 4.98 Å². The van der Waals surface area contributed by atoms with Gasteiger partial charge >= 0.3 is 0 Å². The lowest BCUT2D eigenvalue weighted by molar-refractivity contribution is 0.620. The van der Waals surface area contributed by atoms with Gasteiger partial charge in [0.1, 0.15) is 5.52 Å². The number of nitrogens with zero attached hydrogens (tertiary/aromatic N) is 2. The van der Waals surface area contributed by atoms with Gasteiger partial charge in [-0.15, -0.1) is 0 Å². The van der Waals surface area contributed by atoms with Gasteiger partial charge in [-0.2, -0.15) is 0 Å². The lowest BCUT2D eigenvalue weighted by Gasteiger charge is -2.16. The Morgan fingerprint density at radius 2 is 1.75 bits per heavy atom. The van der Waals surface area contributed by atoms with E-state index in [4.69, 9.17) is 4.42 Å². The summed E-state index contributed by atoms with van der Waals surface area (Å²) in [5.41, 5.74) is 4.06. The molecule has 0 aliphatic carbocycles. The van der Waals surface area contributed by atoms with Crippen LogP contribution in [0.5, 0.6) is 0 Å². The van der Waals surface area contributed by atoms with Crippen molar-refractivity contribution in [3.8, 4) is 11.5 Å². The van der Waals surface area contributed by atoms with Crippen molar-refractivity contribution < 1.29 is 4.42 Å². The maximum Gasteiger partial charge on any atom is 0.227 e. The number of aromatic nitrogens is 1. The van der Waals surface area contributed by atoms with E-state index in [1.807, 2.05) is 36.4 Å². The molecule has 1 fully saturated rings. The molecule has 1 saturated heterocycles. The van der Waals surface area contributed by atoms with Gasteiger partial charge in [0.2, 0.25) is 5.89 Å².